The van der Waals surface area contributed by atoms with Crippen LogP contribution < -0.4 is 5.73 Å². The average molecular weight is 249 g/mol. The molecule has 0 spiro atoms. The van der Waals surface area contributed by atoms with Gasteiger partial charge < -0.3 is 10.3 Å². The summed E-state index contributed by atoms with van der Waals surface area (Å²) in [6, 6.07) is 6.59. The minimum Gasteiger partial charge on any atom is -0.339 e. The van der Waals surface area contributed by atoms with Crippen LogP contribution in [0.4, 0.5) is 4.39 Å². The molecule has 0 radical (unpaired) electrons. The Morgan fingerprint density at radius 1 is 1.39 bits per heavy atom. The molecule has 96 valence electrons. The Morgan fingerprint density at radius 2 is 2.17 bits per heavy atom. The van der Waals surface area contributed by atoms with Crippen LogP contribution in [-0.2, 0) is 12.8 Å². The summed E-state index contributed by atoms with van der Waals surface area (Å²) in [5, 5.41) is 3.83. The SMILES string of the molecule is CCC(N)Cc1nc(Cc2ccccc2F)no1. The van der Waals surface area contributed by atoms with E-state index in [-0.39, 0.29) is 11.9 Å². The Labute approximate surface area is 105 Å². The summed E-state index contributed by atoms with van der Waals surface area (Å²) >= 11 is 0. The first-order valence-corrected chi connectivity index (χ1v) is 5.99. The van der Waals surface area contributed by atoms with Crippen LogP contribution in [0.1, 0.15) is 30.6 Å². The summed E-state index contributed by atoms with van der Waals surface area (Å²) < 4.78 is 18.5. The summed E-state index contributed by atoms with van der Waals surface area (Å²) in [6.45, 7) is 2.00. The number of halogens is 1. The molecule has 1 heterocycles. The van der Waals surface area contributed by atoms with Gasteiger partial charge in [-0.1, -0.05) is 30.3 Å². The molecule has 0 amide bonds. The third-order valence-electron chi connectivity index (χ3n) is 2.78. The van der Waals surface area contributed by atoms with E-state index in [1.807, 2.05) is 6.92 Å². The topological polar surface area (TPSA) is 64.9 Å². The molecule has 0 aliphatic rings. The van der Waals surface area contributed by atoms with Crippen molar-refractivity contribution in [3.05, 3.63) is 47.4 Å². The van der Waals surface area contributed by atoms with Crippen LogP contribution in [0, 0.1) is 5.82 Å². The van der Waals surface area contributed by atoms with Gasteiger partial charge in [-0.05, 0) is 18.1 Å². The van der Waals surface area contributed by atoms with Gasteiger partial charge in [0.2, 0.25) is 5.89 Å². The Balaban J connectivity index is 2.05. The minimum atomic E-state index is -0.255. The lowest BCUT2D eigenvalue weighted by molar-refractivity contribution is 0.363. The zero-order chi connectivity index (χ0) is 13.0. The van der Waals surface area contributed by atoms with Crippen LogP contribution in [-0.4, -0.2) is 16.2 Å². The quantitative estimate of drug-likeness (QED) is 0.881. The van der Waals surface area contributed by atoms with Crippen molar-refractivity contribution in [2.75, 3.05) is 0 Å². The highest BCUT2D eigenvalue weighted by Crippen LogP contribution is 2.11. The number of hydrogen-bond acceptors (Lipinski definition) is 4. The Hall–Kier alpha value is -1.75. The maximum absolute atomic E-state index is 13.4. The van der Waals surface area contributed by atoms with Crippen molar-refractivity contribution < 1.29 is 8.91 Å². The summed E-state index contributed by atoms with van der Waals surface area (Å²) in [5.74, 6) is 0.739. The first-order valence-electron chi connectivity index (χ1n) is 5.99. The normalized spacial score (nSPS) is 12.6. The van der Waals surface area contributed by atoms with E-state index in [0.29, 0.717) is 30.1 Å². The van der Waals surface area contributed by atoms with Gasteiger partial charge in [0.1, 0.15) is 5.82 Å². The van der Waals surface area contributed by atoms with Crippen LogP contribution in [0.5, 0.6) is 0 Å². The molecular formula is C13H16FN3O. The van der Waals surface area contributed by atoms with Gasteiger partial charge in [0.15, 0.2) is 5.82 Å². The highest BCUT2D eigenvalue weighted by Gasteiger charge is 2.11. The van der Waals surface area contributed by atoms with E-state index in [2.05, 4.69) is 10.1 Å². The second-order valence-electron chi connectivity index (χ2n) is 4.24. The molecule has 0 aliphatic carbocycles. The smallest absolute Gasteiger partial charge is 0.228 e. The van der Waals surface area contributed by atoms with E-state index in [0.717, 1.165) is 6.42 Å². The Morgan fingerprint density at radius 3 is 2.89 bits per heavy atom. The molecule has 0 aliphatic heterocycles. The predicted molar refractivity (Wildman–Crippen MR) is 65.5 cm³/mol. The summed E-state index contributed by atoms with van der Waals surface area (Å²) in [4.78, 5) is 4.21. The molecular weight excluding hydrogens is 233 g/mol. The van der Waals surface area contributed by atoms with E-state index in [1.165, 1.54) is 6.07 Å². The van der Waals surface area contributed by atoms with Crippen LogP contribution in [0.25, 0.3) is 0 Å². The maximum Gasteiger partial charge on any atom is 0.228 e. The fourth-order valence-corrected chi connectivity index (χ4v) is 1.63. The molecule has 2 rings (SSSR count). The van der Waals surface area contributed by atoms with Crippen molar-refractivity contribution in [3.63, 3.8) is 0 Å². The molecule has 1 aromatic heterocycles. The number of aromatic nitrogens is 2. The second-order valence-corrected chi connectivity index (χ2v) is 4.24. The van der Waals surface area contributed by atoms with Gasteiger partial charge in [0.05, 0.1) is 0 Å². The Bertz CT molecular complexity index is 512. The van der Waals surface area contributed by atoms with Crippen molar-refractivity contribution in [2.45, 2.75) is 32.2 Å². The summed E-state index contributed by atoms with van der Waals surface area (Å²) in [5.41, 5.74) is 6.36. The lowest BCUT2D eigenvalue weighted by atomic mass is 10.1. The third-order valence-corrected chi connectivity index (χ3v) is 2.78. The van der Waals surface area contributed by atoms with E-state index < -0.39 is 0 Å². The van der Waals surface area contributed by atoms with Crippen molar-refractivity contribution in [3.8, 4) is 0 Å². The fraction of sp³-hybridized carbons (Fsp3) is 0.385. The maximum atomic E-state index is 13.4. The van der Waals surface area contributed by atoms with Crippen molar-refractivity contribution in [2.24, 2.45) is 5.73 Å². The van der Waals surface area contributed by atoms with E-state index in [4.69, 9.17) is 10.3 Å². The molecule has 4 nitrogen and oxygen atoms in total. The zero-order valence-corrected chi connectivity index (χ0v) is 10.3. The fourth-order valence-electron chi connectivity index (χ4n) is 1.63. The van der Waals surface area contributed by atoms with Crippen molar-refractivity contribution in [1.29, 1.82) is 0 Å². The lowest BCUT2D eigenvalue weighted by Gasteiger charge is -2.02. The van der Waals surface area contributed by atoms with Gasteiger partial charge in [-0.3, -0.25) is 0 Å². The van der Waals surface area contributed by atoms with Crippen molar-refractivity contribution >= 4 is 0 Å². The summed E-state index contributed by atoms with van der Waals surface area (Å²) in [6.07, 6.45) is 1.74. The average Bonchev–Trinajstić information content (AvgIpc) is 2.79. The minimum absolute atomic E-state index is 0.0201. The molecule has 5 heteroatoms. The van der Waals surface area contributed by atoms with Crippen LogP contribution in [0.3, 0.4) is 0 Å². The number of benzene rings is 1. The van der Waals surface area contributed by atoms with Gasteiger partial charge in [-0.15, -0.1) is 0 Å². The molecule has 1 aromatic carbocycles. The van der Waals surface area contributed by atoms with Gasteiger partial charge in [-0.2, -0.15) is 4.98 Å². The predicted octanol–water partition coefficient (Wildman–Crippen LogP) is 2.08. The number of hydrogen-bond donors (Lipinski definition) is 1. The highest BCUT2D eigenvalue weighted by molar-refractivity contribution is 5.20. The van der Waals surface area contributed by atoms with Crippen LogP contribution >= 0.6 is 0 Å². The van der Waals surface area contributed by atoms with Gasteiger partial charge in [0, 0.05) is 18.9 Å². The molecule has 0 bridgehead atoms. The van der Waals surface area contributed by atoms with E-state index in [9.17, 15) is 4.39 Å². The standard InChI is InChI=1S/C13H16FN3O/c1-2-10(15)8-13-16-12(17-18-13)7-9-5-3-4-6-11(9)14/h3-6,10H,2,7-8,15H2,1H3. The van der Waals surface area contributed by atoms with Crippen LogP contribution in [0.15, 0.2) is 28.8 Å². The van der Waals surface area contributed by atoms with Crippen molar-refractivity contribution in [1.82, 2.24) is 10.1 Å². The van der Waals surface area contributed by atoms with Crippen LogP contribution in [0.2, 0.25) is 0 Å². The first kappa shape index (κ1) is 12.7. The monoisotopic (exact) mass is 249 g/mol. The van der Waals surface area contributed by atoms with Gasteiger partial charge in [-0.25, -0.2) is 4.39 Å². The first-order chi connectivity index (χ1) is 8.69. The third kappa shape index (κ3) is 3.13. The second kappa shape index (κ2) is 5.73. The highest BCUT2D eigenvalue weighted by atomic mass is 19.1. The van der Waals surface area contributed by atoms with Gasteiger partial charge >= 0.3 is 0 Å². The Kier molecular flexibility index (Phi) is 4.04. The molecule has 2 aromatic rings. The molecule has 0 fully saturated rings. The van der Waals surface area contributed by atoms with Gasteiger partial charge in [0.25, 0.3) is 0 Å². The zero-order valence-electron chi connectivity index (χ0n) is 10.3. The molecule has 1 unspecified atom stereocenters. The van der Waals surface area contributed by atoms with E-state index in [1.54, 1.807) is 18.2 Å². The molecule has 1 atom stereocenters. The largest absolute Gasteiger partial charge is 0.339 e. The summed E-state index contributed by atoms with van der Waals surface area (Å²) in [7, 11) is 0. The van der Waals surface area contributed by atoms with E-state index >= 15 is 0 Å². The molecule has 0 saturated carbocycles. The molecule has 2 N–H and O–H groups in total. The molecule has 0 saturated heterocycles. The number of rotatable bonds is 5. The number of nitrogens with two attached hydrogens (primary N) is 1. The number of nitrogens with zero attached hydrogens (tertiary/aromatic N) is 2. The lowest BCUT2D eigenvalue weighted by Crippen LogP contribution is -2.21. The molecule has 18 heavy (non-hydrogen) atoms.